The van der Waals surface area contributed by atoms with E-state index in [2.05, 4.69) is 15.3 Å². The second-order valence-corrected chi connectivity index (χ2v) is 6.70. The summed E-state index contributed by atoms with van der Waals surface area (Å²) >= 11 is 1.03. The van der Waals surface area contributed by atoms with E-state index in [0.717, 1.165) is 11.3 Å². The van der Waals surface area contributed by atoms with Crippen LogP contribution < -0.4 is 5.32 Å². The summed E-state index contributed by atoms with van der Waals surface area (Å²) in [6, 6.07) is 11.7. The number of amides is 1. The number of nitrogens with zero attached hydrogens (tertiary/aromatic N) is 2. The van der Waals surface area contributed by atoms with Gasteiger partial charge in [-0.2, -0.15) is 0 Å². The first-order valence-corrected chi connectivity index (χ1v) is 9.00. The topological polar surface area (TPSA) is 85.1 Å². The van der Waals surface area contributed by atoms with Gasteiger partial charge in [0.25, 0.3) is 5.91 Å². The highest BCUT2D eigenvalue weighted by molar-refractivity contribution is 7.18. The van der Waals surface area contributed by atoms with Crippen molar-refractivity contribution >= 4 is 28.2 Å². The summed E-state index contributed by atoms with van der Waals surface area (Å²) in [5.74, 6) is -0.750. The van der Waals surface area contributed by atoms with Crippen LogP contribution in [-0.4, -0.2) is 21.7 Å². The van der Waals surface area contributed by atoms with Gasteiger partial charge in [0.15, 0.2) is 10.9 Å². The third-order valence-electron chi connectivity index (χ3n) is 3.86. The van der Waals surface area contributed by atoms with Crippen molar-refractivity contribution in [1.82, 2.24) is 9.97 Å². The number of nitrogens with one attached hydrogen (secondary N) is 1. The van der Waals surface area contributed by atoms with Gasteiger partial charge < -0.3 is 4.42 Å². The summed E-state index contributed by atoms with van der Waals surface area (Å²) in [5, 5.41) is 2.93. The van der Waals surface area contributed by atoms with Crippen LogP contribution in [0.4, 0.5) is 9.52 Å². The van der Waals surface area contributed by atoms with E-state index in [1.54, 1.807) is 24.3 Å². The molecule has 0 atom stereocenters. The first-order valence-electron chi connectivity index (χ1n) is 8.18. The Balaban J connectivity index is 1.70. The SMILES string of the molecule is O=C(Nc1nc(-c2ccco2)c(C(=O)c2ccc(F)cc2)s1)c1ccncc1. The lowest BCUT2D eigenvalue weighted by Gasteiger charge is -2.00. The van der Waals surface area contributed by atoms with Crippen LogP contribution in [-0.2, 0) is 0 Å². The van der Waals surface area contributed by atoms with Crippen molar-refractivity contribution in [3.63, 3.8) is 0 Å². The predicted molar refractivity (Wildman–Crippen MR) is 102 cm³/mol. The van der Waals surface area contributed by atoms with Gasteiger partial charge >= 0.3 is 0 Å². The van der Waals surface area contributed by atoms with Gasteiger partial charge in [-0.15, -0.1) is 0 Å². The van der Waals surface area contributed by atoms with Crippen molar-refractivity contribution in [3.8, 4) is 11.5 Å². The number of pyridine rings is 1. The number of carbonyl (C=O) groups excluding carboxylic acids is 2. The van der Waals surface area contributed by atoms with Crippen molar-refractivity contribution in [3.05, 3.63) is 89.0 Å². The third kappa shape index (κ3) is 3.58. The monoisotopic (exact) mass is 393 g/mol. The van der Waals surface area contributed by atoms with E-state index in [9.17, 15) is 14.0 Å². The number of furan rings is 1. The van der Waals surface area contributed by atoms with Gasteiger partial charge in [0.2, 0.25) is 5.78 Å². The highest BCUT2D eigenvalue weighted by atomic mass is 32.1. The molecule has 0 bridgehead atoms. The average Bonchev–Trinajstić information content (AvgIpc) is 3.38. The number of ketones is 1. The number of benzene rings is 1. The van der Waals surface area contributed by atoms with Crippen molar-refractivity contribution < 1.29 is 18.4 Å². The van der Waals surface area contributed by atoms with Gasteiger partial charge in [-0.1, -0.05) is 11.3 Å². The normalized spacial score (nSPS) is 10.6. The molecule has 138 valence electrons. The summed E-state index contributed by atoms with van der Waals surface area (Å²) in [6.45, 7) is 0. The highest BCUT2D eigenvalue weighted by Crippen LogP contribution is 2.33. The molecule has 8 heteroatoms. The minimum Gasteiger partial charge on any atom is -0.463 e. The Hall–Kier alpha value is -3.65. The molecule has 4 rings (SSSR count). The van der Waals surface area contributed by atoms with Gasteiger partial charge in [-0.25, -0.2) is 9.37 Å². The Kier molecular flexibility index (Phi) is 4.77. The molecule has 0 radical (unpaired) electrons. The Morgan fingerprint density at radius 3 is 2.43 bits per heavy atom. The number of anilines is 1. The molecule has 0 unspecified atom stereocenters. The minimum absolute atomic E-state index is 0.249. The molecule has 0 aliphatic carbocycles. The zero-order valence-corrected chi connectivity index (χ0v) is 15.1. The van der Waals surface area contributed by atoms with E-state index in [1.807, 2.05) is 0 Å². The summed E-state index contributed by atoms with van der Waals surface area (Å²) in [5.41, 5.74) is 1.04. The van der Waals surface area contributed by atoms with E-state index >= 15 is 0 Å². The van der Waals surface area contributed by atoms with Crippen LogP contribution in [0.2, 0.25) is 0 Å². The Labute approximate surface area is 162 Å². The molecule has 28 heavy (non-hydrogen) atoms. The lowest BCUT2D eigenvalue weighted by molar-refractivity contribution is 0.102. The van der Waals surface area contributed by atoms with Gasteiger partial charge in [-0.3, -0.25) is 19.9 Å². The fourth-order valence-electron chi connectivity index (χ4n) is 2.51. The summed E-state index contributed by atoms with van der Waals surface area (Å²) in [4.78, 5) is 33.8. The number of hydrogen-bond donors (Lipinski definition) is 1. The Morgan fingerprint density at radius 2 is 1.75 bits per heavy atom. The van der Waals surface area contributed by atoms with Crippen LogP contribution in [0.5, 0.6) is 0 Å². The molecular formula is C20H12FN3O3S. The standard InChI is InChI=1S/C20H12FN3O3S/c21-14-5-3-12(4-6-14)17(25)18-16(15-2-1-11-27-15)23-20(28-18)24-19(26)13-7-9-22-10-8-13/h1-11H,(H,23,24,26). The van der Waals surface area contributed by atoms with E-state index in [1.165, 1.54) is 42.9 Å². The number of hydrogen-bond acceptors (Lipinski definition) is 6. The number of halogens is 1. The maximum atomic E-state index is 13.2. The average molecular weight is 393 g/mol. The van der Waals surface area contributed by atoms with Crippen molar-refractivity contribution in [2.24, 2.45) is 0 Å². The smallest absolute Gasteiger partial charge is 0.257 e. The van der Waals surface area contributed by atoms with E-state index in [4.69, 9.17) is 4.42 Å². The molecule has 6 nitrogen and oxygen atoms in total. The Bertz CT molecular complexity index is 1120. The quantitative estimate of drug-likeness (QED) is 0.507. The van der Waals surface area contributed by atoms with Gasteiger partial charge in [0, 0.05) is 23.5 Å². The van der Waals surface area contributed by atoms with Crippen molar-refractivity contribution in [2.45, 2.75) is 0 Å². The molecular weight excluding hydrogens is 381 g/mol. The summed E-state index contributed by atoms with van der Waals surface area (Å²) in [6.07, 6.45) is 4.49. The maximum absolute atomic E-state index is 13.2. The third-order valence-corrected chi connectivity index (χ3v) is 4.83. The van der Waals surface area contributed by atoms with Crippen molar-refractivity contribution in [1.29, 1.82) is 0 Å². The van der Waals surface area contributed by atoms with Crippen LogP contribution in [0.1, 0.15) is 25.6 Å². The second-order valence-electron chi connectivity index (χ2n) is 5.70. The molecule has 1 aromatic carbocycles. The fourth-order valence-corrected chi connectivity index (χ4v) is 3.44. The molecule has 0 aliphatic rings. The van der Waals surface area contributed by atoms with Gasteiger partial charge in [0.05, 0.1) is 6.26 Å². The molecule has 1 amide bonds. The largest absolute Gasteiger partial charge is 0.463 e. The molecule has 4 aromatic rings. The molecule has 3 aromatic heterocycles. The number of carbonyl (C=O) groups is 2. The summed E-state index contributed by atoms with van der Waals surface area (Å²) in [7, 11) is 0. The number of thiazole rings is 1. The van der Waals surface area contributed by atoms with E-state index in [-0.39, 0.29) is 21.7 Å². The van der Waals surface area contributed by atoms with Gasteiger partial charge in [-0.05, 0) is 48.5 Å². The lowest BCUT2D eigenvalue weighted by Crippen LogP contribution is -2.11. The van der Waals surface area contributed by atoms with Crippen LogP contribution in [0.25, 0.3) is 11.5 Å². The molecule has 0 fully saturated rings. The van der Waals surface area contributed by atoms with Crippen LogP contribution in [0, 0.1) is 5.82 Å². The first kappa shape index (κ1) is 17.7. The molecule has 0 saturated heterocycles. The number of rotatable bonds is 5. The van der Waals surface area contributed by atoms with E-state index < -0.39 is 5.82 Å². The van der Waals surface area contributed by atoms with Crippen LogP contribution in [0.15, 0.2) is 71.6 Å². The second kappa shape index (κ2) is 7.53. The lowest BCUT2D eigenvalue weighted by atomic mass is 10.1. The molecule has 3 heterocycles. The Morgan fingerprint density at radius 1 is 1.00 bits per heavy atom. The van der Waals surface area contributed by atoms with Crippen LogP contribution in [0.3, 0.4) is 0 Å². The molecule has 0 aliphatic heterocycles. The highest BCUT2D eigenvalue weighted by Gasteiger charge is 2.23. The maximum Gasteiger partial charge on any atom is 0.257 e. The minimum atomic E-state index is -0.433. The van der Waals surface area contributed by atoms with Crippen LogP contribution >= 0.6 is 11.3 Å². The fraction of sp³-hybridized carbons (Fsp3) is 0. The molecule has 0 saturated carbocycles. The predicted octanol–water partition coefficient (Wildman–Crippen LogP) is 4.42. The first-order chi connectivity index (χ1) is 13.6. The zero-order chi connectivity index (χ0) is 19.5. The molecule has 0 spiro atoms. The number of aromatic nitrogens is 2. The van der Waals surface area contributed by atoms with Crippen molar-refractivity contribution in [2.75, 3.05) is 5.32 Å². The zero-order valence-electron chi connectivity index (χ0n) is 14.3. The van der Waals surface area contributed by atoms with E-state index in [0.29, 0.717) is 22.6 Å². The van der Waals surface area contributed by atoms with Gasteiger partial charge in [0.1, 0.15) is 16.4 Å². The summed E-state index contributed by atoms with van der Waals surface area (Å²) < 4.78 is 18.6. The molecule has 1 N–H and O–H groups in total.